The molecule has 1 aromatic heterocycles. The lowest BCUT2D eigenvalue weighted by molar-refractivity contribution is 0.189. The van der Waals surface area contributed by atoms with Crippen LogP contribution in [0.4, 0.5) is 0 Å². The van der Waals surface area contributed by atoms with Crippen LogP contribution in [0.3, 0.4) is 0 Å². The summed E-state index contributed by atoms with van der Waals surface area (Å²) in [5, 5.41) is 4.99. The summed E-state index contributed by atoms with van der Waals surface area (Å²) in [7, 11) is -0.146. The van der Waals surface area contributed by atoms with Crippen molar-refractivity contribution in [1.82, 2.24) is 9.62 Å². The minimum atomic E-state index is -3.37. The van der Waals surface area contributed by atoms with Gasteiger partial charge in [0.05, 0.1) is 4.90 Å². The molecule has 0 saturated heterocycles. The third-order valence-electron chi connectivity index (χ3n) is 2.89. The first kappa shape index (κ1) is 17.6. The number of nitrogens with zero attached hydrogens (tertiary/aromatic N) is 1. The van der Waals surface area contributed by atoms with Gasteiger partial charge in [-0.05, 0) is 25.5 Å². The van der Waals surface area contributed by atoms with Gasteiger partial charge in [-0.15, -0.1) is 11.3 Å². The molecule has 0 fully saturated rings. The van der Waals surface area contributed by atoms with E-state index in [9.17, 15) is 8.42 Å². The fourth-order valence-corrected chi connectivity index (χ4v) is 4.15. The van der Waals surface area contributed by atoms with E-state index in [-0.39, 0.29) is 0 Å². The van der Waals surface area contributed by atoms with E-state index < -0.39 is 10.0 Å². The van der Waals surface area contributed by atoms with Crippen molar-refractivity contribution in [2.24, 2.45) is 0 Å². The van der Waals surface area contributed by atoms with Crippen LogP contribution in [0.2, 0.25) is 0 Å². The van der Waals surface area contributed by atoms with Crippen molar-refractivity contribution in [3.05, 3.63) is 16.3 Å². The van der Waals surface area contributed by atoms with Gasteiger partial charge >= 0.3 is 0 Å². The zero-order chi connectivity index (χ0) is 15.0. The Hall–Kier alpha value is -0.470. The summed E-state index contributed by atoms with van der Waals surface area (Å²) in [4.78, 5) is 1.43. The Balaban J connectivity index is 2.62. The largest absolute Gasteiger partial charge is 0.385 e. The molecule has 0 aliphatic rings. The first-order valence-electron chi connectivity index (χ1n) is 6.75. The van der Waals surface area contributed by atoms with E-state index in [0.717, 1.165) is 24.4 Å². The van der Waals surface area contributed by atoms with E-state index in [4.69, 9.17) is 4.74 Å². The molecular weight excluding hydrogens is 296 g/mol. The van der Waals surface area contributed by atoms with Crippen molar-refractivity contribution in [2.75, 3.05) is 33.9 Å². The molecule has 0 radical (unpaired) electrons. The van der Waals surface area contributed by atoms with Gasteiger partial charge in [-0.2, -0.15) is 0 Å². The Morgan fingerprint density at radius 3 is 2.85 bits per heavy atom. The molecule has 20 heavy (non-hydrogen) atoms. The summed E-state index contributed by atoms with van der Waals surface area (Å²) >= 11 is 1.48. The topological polar surface area (TPSA) is 58.6 Å². The van der Waals surface area contributed by atoms with Crippen molar-refractivity contribution in [3.63, 3.8) is 0 Å². The molecule has 7 heteroatoms. The highest BCUT2D eigenvalue weighted by atomic mass is 32.2. The van der Waals surface area contributed by atoms with Gasteiger partial charge in [0.15, 0.2) is 0 Å². The lowest BCUT2D eigenvalue weighted by atomic mass is 10.4. The van der Waals surface area contributed by atoms with Gasteiger partial charge in [0.25, 0.3) is 0 Å². The molecule has 0 aromatic carbocycles. The van der Waals surface area contributed by atoms with Gasteiger partial charge in [0.2, 0.25) is 10.0 Å². The number of hydrogen-bond donors (Lipinski definition) is 1. The van der Waals surface area contributed by atoms with Crippen LogP contribution in [0, 0.1) is 0 Å². The zero-order valence-electron chi connectivity index (χ0n) is 12.4. The summed E-state index contributed by atoms with van der Waals surface area (Å²) in [6, 6.07) is 1.76. The molecule has 1 N–H and O–H groups in total. The second kappa shape index (κ2) is 8.74. The maximum atomic E-state index is 12.3. The summed E-state index contributed by atoms with van der Waals surface area (Å²) in [6.45, 7) is 4.80. The van der Waals surface area contributed by atoms with Gasteiger partial charge in [-0.1, -0.05) is 6.92 Å². The SMILES string of the molecule is CCCNCc1cc(S(=O)(=O)N(C)CCCOC)cs1. The molecule has 5 nitrogen and oxygen atoms in total. The van der Waals surface area contributed by atoms with E-state index in [1.807, 2.05) is 0 Å². The predicted octanol–water partition coefficient (Wildman–Crippen LogP) is 1.90. The highest BCUT2D eigenvalue weighted by Crippen LogP contribution is 2.22. The second-order valence-corrected chi connectivity index (χ2v) is 7.64. The smallest absolute Gasteiger partial charge is 0.243 e. The van der Waals surface area contributed by atoms with Gasteiger partial charge in [-0.25, -0.2) is 12.7 Å². The monoisotopic (exact) mass is 320 g/mol. The molecule has 116 valence electrons. The Morgan fingerprint density at radius 1 is 1.45 bits per heavy atom. The number of rotatable bonds is 10. The maximum absolute atomic E-state index is 12.3. The van der Waals surface area contributed by atoms with Crippen molar-refractivity contribution in [2.45, 2.75) is 31.2 Å². The number of ether oxygens (including phenoxy) is 1. The third kappa shape index (κ3) is 5.14. The van der Waals surface area contributed by atoms with Crippen LogP contribution in [0.25, 0.3) is 0 Å². The second-order valence-electron chi connectivity index (χ2n) is 4.60. The van der Waals surface area contributed by atoms with Gasteiger partial charge in [-0.3, -0.25) is 0 Å². The highest BCUT2D eigenvalue weighted by Gasteiger charge is 2.21. The van der Waals surface area contributed by atoms with Crippen molar-refractivity contribution >= 4 is 21.4 Å². The molecule has 0 bridgehead atoms. The average molecular weight is 320 g/mol. The van der Waals surface area contributed by atoms with Crippen molar-refractivity contribution in [1.29, 1.82) is 0 Å². The lowest BCUT2D eigenvalue weighted by Crippen LogP contribution is -2.28. The maximum Gasteiger partial charge on any atom is 0.243 e. The van der Waals surface area contributed by atoms with E-state index in [0.29, 0.717) is 24.5 Å². The van der Waals surface area contributed by atoms with Gasteiger partial charge in [0, 0.05) is 44.1 Å². The van der Waals surface area contributed by atoms with E-state index in [1.54, 1.807) is 25.6 Å². The van der Waals surface area contributed by atoms with Crippen LogP contribution in [-0.2, 0) is 21.3 Å². The Bertz CT molecular complexity index is 486. The molecular formula is C13H24N2O3S2. The van der Waals surface area contributed by atoms with Crippen LogP contribution in [0.5, 0.6) is 0 Å². The summed E-state index contributed by atoms with van der Waals surface area (Å²) in [5.74, 6) is 0. The molecule has 1 aromatic rings. The Kier molecular flexibility index (Phi) is 7.68. The number of methoxy groups -OCH3 is 1. The normalized spacial score (nSPS) is 12.2. The zero-order valence-corrected chi connectivity index (χ0v) is 14.0. The molecule has 0 aliphatic carbocycles. The number of nitrogens with one attached hydrogen (secondary N) is 1. The molecule has 0 spiro atoms. The quantitative estimate of drug-likeness (QED) is 0.669. The first-order chi connectivity index (χ1) is 9.52. The highest BCUT2D eigenvalue weighted by molar-refractivity contribution is 7.89. The van der Waals surface area contributed by atoms with Gasteiger partial charge in [0.1, 0.15) is 0 Å². The van der Waals surface area contributed by atoms with E-state index in [1.165, 1.54) is 15.6 Å². The van der Waals surface area contributed by atoms with Crippen LogP contribution in [0.15, 0.2) is 16.3 Å². The minimum Gasteiger partial charge on any atom is -0.385 e. The van der Waals surface area contributed by atoms with Crippen LogP contribution < -0.4 is 5.32 Å². The standard InChI is InChI=1S/C13H24N2O3S2/c1-4-6-14-10-12-9-13(11-19-12)20(16,17)15(2)7-5-8-18-3/h9,11,14H,4-8,10H2,1-3H3. The summed E-state index contributed by atoms with van der Waals surface area (Å²) < 4.78 is 31.0. The fourth-order valence-electron chi connectivity index (χ4n) is 1.71. The molecule has 0 amide bonds. The molecule has 0 unspecified atom stereocenters. The third-order valence-corrected chi connectivity index (χ3v) is 5.81. The molecule has 1 heterocycles. The predicted molar refractivity (Wildman–Crippen MR) is 82.6 cm³/mol. The van der Waals surface area contributed by atoms with Crippen molar-refractivity contribution in [3.8, 4) is 0 Å². The minimum absolute atomic E-state index is 0.385. The Labute approximate surface area is 126 Å². The van der Waals surface area contributed by atoms with Crippen LogP contribution in [0.1, 0.15) is 24.6 Å². The average Bonchev–Trinajstić information content (AvgIpc) is 2.88. The molecule has 1 rings (SSSR count). The number of sulfonamides is 1. The molecule has 0 aliphatic heterocycles. The Morgan fingerprint density at radius 2 is 2.20 bits per heavy atom. The van der Waals surface area contributed by atoms with Crippen LogP contribution >= 0.6 is 11.3 Å². The molecule has 0 atom stereocenters. The van der Waals surface area contributed by atoms with Crippen LogP contribution in [-0.4, -0.2) is 46.6 Å². The van der Waals surface area contributed by atoms with E-state index in [2.05, 4.69) is 12.2 Å². The summed E-state index contributed by atoms with van der Waals surface area (Å²) in [6.07, 6.45) is 1.76. The lowest BCUT2D eigenvalue weighted by Gasteiger charge is -2.15. The number of thiophene rings is 1. The van der Waals surface area contributed by atoms with Crippen molar-refractivity contribution < 1.29 is 13.2 Å². The fraction of sp³-hybridized carbons (Fsp3) is 0.692. The van der Waals surface area contributed by atoms with Gasteiger partial charge < -0.3 is 10.1 Å². The summed E-state index contributed by atoms with van der Waals surface area (Å²) in [5.41, 5.74) is 0. The molecule has 0 saturated carbocycles. The first-order valence-corrected chi connectivity index (χ1v) is 9.07. The van der Waals surface area contributed by atoms with E-state index >= 15 is 0 Å². The number of hydrogen-bond acceptors (Lipinski definition) is 5.